The lowest BCUT2D eigenvalue weighted by atomic mass is 10.2. The summed E-state index contributed by atoms with van der Waals surface area (Å²) in [4.78, 5) is 19.3. The number of carbonyl (C=O) groups is 1. The van der Waals surface area contributed by atoms with Crippen molar-refractivity contribution in [3.63, 3.8) is 0 Å². The highest BCUT2D eigenvalue weighted by Gasteiger charge is 2.20. The van der Waals surface area contributed by atoms with Crippen LogP contribution >= 0.6 is 0 Å². The van der Waals surface area contributed by atoms with Gasteiger partial charge >= 0.3 is 5.97 Å². The van der Waals surface area contributed by atoms with E-state index in [1.807, 2.05) is 0 Å². The second-order valence-corrected chi connectivity index (χ2v) is 3.77. The van der Waals surface area contributed by atoms with Crippen LogP contribution in [-0.4, -0.2) is 33.9 Å². The first-order valence-corrected chi connectivity index (χ1v) is 5.54. The first-order chi connectivity index (χ1) is 8.29. The Hall–Kier alpha value is -1.53. The Kier molecular flexibility index (Phi) is 4.00. The van der Waals surface area contributed by atoms with Gasteiger partial charge in [-0.15, -0.1) is 0 Å². The Balaban J connectivity index is 1.93. The molecule has 1 saturated heterocycles. The normalized spacial score (nSPS) is 19.9. The fourth-order valence-corrected chi connectivity index (χ4v) is 1.52. The van der Waals surface area contributed by atoms with E-state index in [1.165, 1.54) is 12.4 Å². The summed E-state index contributed by atoms with van der Waals surface area (Å²) < 4.78 is 10.4. The van der Waals surface area contributed by atoms with Crippen LogP contribution in [0, 0.1) is 0 Å². The van der Waals surface area contributed by atoms with Gasteiger partial charge in [0.1, 0.15) is 0 Å². The predicted molar refractivity (Wildman–Crippen MR) is 57.0 cm³/mol. The standard InChI is InChI=1S/C11H14N2O4/c14-7-8-5-12-10(13-6-8)11(15)17-9-3-1-2-4-16-9/h5-6,9,14H,1-4,7H2. The van der Waals surface area contributed by atoms with E-state index in [1.54, 1.807) is 0 Å². The number of nitrogens with zero attached hydrogens (tertiary/aromatic N) is 2. The number of ether oxygens (including phenoxy) is 2. The van der Waals surface area contributed by atoms with Crippen molar-refractivity contribution in [1.82, 2.24) is 9.97 Å². The number of aromatic nitrogens is 2. The summed E-state index contributed by atoms with van der Waals surface area (Å²) in [6.07, 6.45) is 4.99. The van der Waals surface area contributed by atoms with Gasteiger partial charge in [-0.1, -0.05) is 0 Å². The molecule has 0 radical (unpaired) electrons. The maximum atomic E-state index is 11.6. The molecule has 0 aromatic carbocycles. The number of esters is 1. The Morgan fingerprint density at radius 2 is 2.24 bits per heavy atom. The molecule has 1 aliphatic heterocycles. The molecule has 6 nitrogen and oxygen atoms in total. The highest BCUT2D eigenvalue weighted by atomic mass is 16.7. The molecule has 1 aliphatic rings. The summed E-state index contributed by atoms with van der Waals surface area (Å²) in [5, 5.41) is 8.81. The number of carbonyl (C=O) groups excluding carboxylic acids is 1. The third-order valence-corrected chi connectivity index (χ3v) is 2.45. The summed E-state index contributed by atoms with van der Waals surface area (Å²) in [5.41, 5.74) is 0.551. The molecule has 0 spiro atoms. The molecule has 1 N–H and O–H groups in total. The van der Waals surface area contributed by atoms with Gasteiger partial charge in [-0.3, -0.25) is 0 Å². The summed E-state index contributed by atoms with van der Waals surface area (Å²) in [6, 6.07) is 0. The summed E-state index contributed by atoms with van der Waals surface area (Å²) in [5.74, 6) is -0.613. The monoisotopic (exact) mass is 238 g/mol. The largest absolute Gasteiger partial charge is 0.430 e. The van der Waals surface area contributed by atoms with Gasteiger partial charge in [-0.2, -0.15) is 0 Å². The number of hydrogen-bond acceptors (Lipinski definition) is 6. The van der Waals surface area contributed by atoms with E-state index >= 15 is 0 Å². The zero-order chi connectivity index (χ0) is 12.1. The van der Waals surface area contributed by atoms with Crippen LogP contribution in [0.1, 0.15) is 35.4 Å². The van der Waals surface area contributed by atoms with Crippen molar-refractivity contribution in [1.29, 1.82) is 0 Å². The molecule has 17 heavy (non-hydrogen) atoms. The molecule has 92 valence electrons. The van der Waals surface area contributed by atoms with Crippen molar-refractivity contribution in [2.75, 3.05) is 6.61 Å². The lowest BCUT2D eigenvalue weighted by Crippen LogP contribution is -2.26. The van der Waals surface area contributed by atoms with E-state index in [4.69, 9.17) is 14.6 Å². The van der Waals surface area contributed by atoms with Gasteiger partial charge in [0.25, 0.3) is 0 Å². The van der Waals surface area contributed by atoms with Crippen LogP contribution in [-0.2, 0) is 16.1 Å². The van der Waals surface area contributed by atoms with Crippen LogP contribution in [0.4, 0.5) is 0 Å². The van der Waals surface area contributed by atoms with Crippen molar-refractivity contribution in [3.05, 3.63) is 23.8 Å². The SMILES string of the molecule is O=C(OC1CCCCO1)c1ncc(CO)cn1. The molecule has 1 unspecified atom stereocenters. The molecular formula is C11H14N2O4. The van der Waals surface area contributed by atoms with E-state index in [0.717, 1.165) is 12.8 Å². The molecule has 2 rings (SSSR count). The molecule has 1 aromatic heterocycles. The summed E-state index contributed by atoms with van der Waals surface area (Å²) in [7, 11) is 0. The number of aliphatic hydroxyl groups excluding tert-OH is 1. The minimum Gasteiger partial charge on any atom is -0.430 e. The lowest BCUT2D eigenvalue weighted by molar-refractivity contribution is -0.131. The maximum absolute atomic E-state index is 11.6. The third kappa shape index (κ3) is 3.21. The first kappa shape index (κ1) is 11.9. The van der Waals surface area contributed by atoms with E-state index < -0.39 is 12.3 Å². The van der Waals surface area contributed by atoms with Crippen LogP contribution in [0.3, 0.4) is 0 Å². The minimum absolute atomic E-state index is 0.0172. The molecular weight excluding hydrogens is 224 g/mol. The van der Waals surface area contributed by atoms with Crippen LogP contribution in [0.15, 0.2) is 12.4 Å². The number of rotatable bonds is 3. The van der Waals surface area contributed by atoms with Crippen LogP contribution in [0.25, 0.3) is 0 Å². The smallest absolute Gasteiger partial charge is 0.378 e. The van der Waals surface area contributed by atoms with E-state index in [9.17, 15) is 4.79 Å². The van der Waals surface area contributed by atoms with Gasteiger partial charge < -0.3 is 14.6 Å². The van der Waals surface area contributed by atoms with Gasteiger partial charge in [0.2, 0.25) is 12.1 Å². The lowest BCUT2D eigenvalue weighted by Gasteiger charge is -2.21. The molecule has 1 fully saturated rings. The number of hydrogen-bond donors (Lipinski definition) is 1. The second-order valence-electron chi connectivity index (χ2n) is 3.77. The predicted octanol–water partition coefficient (Wildman–Crippen LogP) is 0.652. The van der Waals surface area contributed by atoms with Crippen molar-refractivity contribution >= 4 is 5.97 Å². The first-order valence-electron chi connectivity index (χ1n) is 5.54. The third-order valence-electron chi connectivity index (χ3n) is 2.45. The van der Waals surface area contributed by atoms with Crippen LogP contribution in [0.5, 0.6) is 0 Å². The van der Waals surface area contributed by atoms with E-state index in [2.05, 4.69) is 9.97 Å². The molecule has 6 heteroatoms. The minimum atomic E-state index is -0.596. The molecule has 0 saturated carbocycles. The molecule has 0 amide bonds. The van der Waals surface area contributed by atoms with Gasteiger partial charge in [0, 0.05) is 24.4 Å². The molecule has 2 heterocycles. The van der Waals surface area contributed by atoms with Crippen molar-refractivity contribution < 1.29 is 19.4 Å². The average molecular weight is 238 g/mol. The molecule has 1 atom stereocenters. The van der Waals surface area contributed by atoms with Crippen LogP contribution in [0.2, 0.25) is 0 Å². The average Bonchev–Trinajstić information content (AvgIpc) is 2.40. The fourth-order valence-electron chi connectivity index (χ4n) is 1.52. The Bertz CT molecular complexity index is 374. The van der Waals surface area contributed by atoms with Crippen molar-refractivity contribution in [3.8, 4) is 0 Å². The molecule has 0 aliphatic carbocycles. The molecule has 0 bridgehead atoms. The zero-order valence-corrected chi connectivity index (χ0v) is 9.33. The van der Waals surface area contributed by atoms with Gasteiger partial charge in [0.15, 0.2) is 0 Å². The Morgan fingerprint density at radius 3 is 2.82 bits per heavy atom. The topological polar surface area (TPSA) is 81.5 Å². The van der Waals surface area contributed by atoms with Gasteiger partial charge in [-0.25, -0.2) is 14.8 Å². The van der Waals surface area contributed by atoms with E-state index in [-0.39, 0.29) is 12.4 Å². The Morgan fingerprint density at radius 1 is 1.47 bits per heavy atom. The fraction of sp³-hybridized carbons (Fsp3) is 0.545. The van der Waals surface area contributed by atoms with Crippen molar-refractivity contribution in [2.24, 2.45) is 0 Å². The van der Waals surface area contributed by atoms with Gasteiger partial charge in [0.05, 0.1) is 13.2 Å². The second kappa shape index (κ2) is 5.70. The van der Waals surface area contributed by atoms with E-state index in [0.29, 0.717) is 18.6 Å². The van der Waals surface area contributed by atoms with Crippen molar-refractivity contribution in [2.45, 2.75) is 32.2 Å². The molecule has 1 aromatic rings. The highest BCUT2D eigenvalue weighted by molar-refractivity contribution is 5.85. The summed E-state index contributed by atoms with van der Waals surface area (Å²) >= 11 is 0. The Labute approximate surface area is 98.6 Å². The number of aliphatic hydroxyl groups is 1. The highest BCUT2D eigenvalue weighted by Crippen LogP contribution is 2.14. The van der Waals surface area contributed by atoms with Gasteiger partial charge in [-0.05, 0) is 12.8 Å². The summed E-state index contributed by atoms with van der Waals surface area (Å²) in [6.45, 7) is 0.462. The maximum Gasteiger partial charge on any atom is 0.378 e. The van der Waals surface area contributed by atoms with Crippen LogP contribution < -0.4 is 0 Å². The zero-order valence-electron chi connectivity index (χ0n) is 9.33. The quantitative estimate of drug-likeness (QED) is 0.779.